The van der Waals surface area contributed by atoms with Crippen LogP contribution in [0.3, 0.4) is 0 Å². The van der Waals surface area contributed by atoms with Crippen LogP contribution in [0.1, 0.15) is 5.56 Å². The summed E-state index contributed by atoms with van der Waals surface area (Å²) in [6.45, 7) is 0. The molecule has 0 aromatic heterocycles. The first kappa shape index (κ1) is 15.5. The van der Waals surface area contributed by atoms with Crippen LogP contribution in [0.4, 0.5) is 30.2 Å². The number of halogens is 4. The van der Waals surface area contributed by atoms with Gasteiger partial charge in [-0.2, -0.15) is 13.2 Å². The summed E-state index contributed by atoms with van der Waals surface area (Å²) in [6.07, 6.45) is -4.50. The van der Waals surface area contributed by atoms with Crippen molar-refractivity contribution in [2.75, 3.05) is 18.2 Å². The molecule has 3 nitrogen and oxygen atoms in total. The summed E-state index contributed by atoms with van der Waals surface area (Å²) in [5, 5.41) is 2.74. The topological polar surface area (TPSA) is 47.3 Å². The first-order valence-electron chi connectivity index (χ1n) is 5.88. The molecular formula is C14H12BrF3N2O. The number of rotatable bonds is 3. The highest BCUT2D eigenvalue weighted by molar-refractivity contribution is 9.10. The molecule has 0 radical (unpaired) electrons. The van der Waals surface area contributed by atoms with E-state index in [4.69, 9.17) is 10.5 Å². The van der Waals surface area contributed by atoms with Gasteiger partial charge in [0.1, 0.15) is 5.75 Å². The quantitative estimate of drug-likeness (QED) is 0.772. The second-order valence-corrected chi connectivity index (χ2v) is 5.19. The van der Waals surface area contributed by atoms with Gasteiger partial charge >= 0.3 is 6.18 Å². The molecule has 0 saturated heterocycles. The van der Waals surface area contributed by atoms with Crippen LogP contribution in [0.15, 0.2) is 40.9 Å². The number of nitrogen functional groups attached to an aromatic ring is 1. The monoisotopic (exact) mass is 360 g/mol. The van der Waals surface area contributed by atoms with Crippen LogP contribution in [0.2, 0.25) is 0 Å². The number of alkyl halides is 3. The molecule has 0 aliphatic heterocycles. The van der Waals surface area contributed by atoms with Gasteiger partial charge in [-0.05, 0) is 36.4 Å². The largest absolute Gasteiger partial charge is 0.495 e. The Morgan fingerprint density at radius 3 is 2.43 bits per heavy atom. The van der Waals surface area contributed by atoms with E-state index in [2.05, 4.69) is 21.2 Å². The highest BCUT2D eigenvalue weighted by Crippen LogP contribution is 2.39. The summed E-state index contributed by atoms with van der Waals surface area (Å²) in [7, 11) is 1.45. The van der Waals surface area contributed by atoms with Crippen LogP contribution < -0.4 is 15.8 Å². The molecule has 7 heteroatoms. The summed E-state index contributed by atoms with van der Waals surface area (Å²) in [4.78, 5) is 0. The summed E-state index contributed by atoms with van der Waals surface area (Å²) < 4.78 is 45.0. The lowest BCUT2D eigenvalue weighted by Crippen LogP contribution is -2.10. The fourth-order valence-corrected chi connectivity index (χ4v) is 2.19. The van der Waals surface area contributed by atoms with E-state index >= 15 is 0 Å². The first-order chi connectivity index (χ1) is 9.81. The fraction of sp³-hybridized carbons (Fsp3) is 0.143. The predicted octanol–water partition coefficient (Wildman–Crippen LogP) is 4.80. The maximum atomic E-state index is 13.1. The Bertz CT molecular complexity index is 659. The van der Waals surface area contributed by atoms with Crippen molar-refractivity contribution in [3.63, 3.8) is 0 Å². The summed E-state index contributed by atoms with van der Waals surface area (Å²) in [5.74, 6) is 0.433. The van der Waals surface area contributed by atoms with Gasteiger partial charge in [0.05, 0.1) is 24.0 Å². The van der Waals surface area contributed by atoms with Crippen molar-refractivity contribution < 1.29 is 17.9 Å². The zero-order valence-corrected chi connectivity index (χ0v) is 12.5. The van der Waals surface area contributed by atoms with E-state index in [9.17, 15) is 13.2 Å². The predicted molar refractivity (Wildman–Crippen MR) is 79.8 cm³/mol. The second-order valence-electron chi connectivity index (χ2n) is 4.27. The van der Waals surface area contributed by atoms with Crippen LogP contribution in [0, 0.1) is 0 Å². The lowest BCUT2D eigenvalue weighted by Gasteiger charge is -2.17. The minimum Gasteiger partial charge on any atom is -0.495 e. The van der Waals surface area contributed by atoms with Gasteiger partial charge in [0.2, 0.25) is 0 Å². The highest BCUT2D eigenvalue weighted by atomic mass is 79.9. The molecule has 0 amide bonds. The molecule has 0 fully saturated rings. The van der Waals surface area contributed by atoms with Crippen LogP contribution in [-0.4, -0.2) is 7.11 Å². The number of methoxy groups -OCH3 is 1. The van der Waals surface area contributed by atoms with Gasteiger partial charge in [-0.15, -0.1) is 0 Å². The molecule has 3 N–H and O–H groups in total. The first-order valence-corrected chi connectivity index (χ1v) is 6.68. The van der Waals surface area contributed by atoms with Crippen LogP contribution in [0.5, 0.6) is 5.75 Å². The summed E-state index contributed by atoms with van der Waals surface area (Å²) in [6, 6.07) is 8.61. The maximum Gasteiger partial charge on any atom is 0.418 e. The lowest BCUT2D eigenvalue weighted by atomic mass is 10.1. The van der Waals surface area contributed by atoms with E-state index in [1.807, 2.05) is 0 Å². The normalized spacial score (nSPS) is 11.3. The zero-order chi connectivity index (χ0) is 15.6. The Morgan fingerprint density at radius 2 is 1.81 bits per heavy atom. The maximum absolute atomic E-state index is 13.1. The van der Waals surface area contributed by atoms with Crippen molar-refractivity contribution in [2.45, 2.75) is 6.18 Å². The fourth-order valence-electron chi connectivity index (χ4n) is 1.83. The molecule has 0 bridgehead atoms. The average molecular weight is 361 g/mol. The minimum absolute atomic E-state index is 0.0501. The number of nitrogens with two attached hydrogens (primary N) is 1. The Kier molecular flexibility index (Phi) is 4.32. The van der Waals surface area contributed by atoms with Gasteiger partial charge < -0.3 is 15.8 Å². The molecule has 0 unspecified atom stereocenters. The molecule has 0 aliphatic rings. The van der Waals surface area contributed by atoms with Crippen molar-refractivity contribution in [1.29, 1.82) is 0 Å². The van der Waals surface area contributed by atoms with Crippen LogP contribution >= 0.6 is 15.9 Å². The van der Waals surface area contributed by atoms with Crippen molar-refractivity contribution in [3.8, 4) is 5.75 Å². The summed E-state index contributed by atoms with van der Waals surface area (Å²) in [5.41, 5.74) is 4.99. The minimum atomic E-state index is -4.50. The molecule has 0 atom stereocenters. The van der Waals surface area contributed by atoms with Gasteiger partial charge in [-0.25, -0.2) is 0 Å². The molecule has 2 rings (SSSR count). The highest BCUT2D eigenvalue weighted by Gasteiger charge is 2.34. The van der Waals surface area contributed by atoms with Crippen LogP contribution in [0.25, 0.3) is 0 Å². The van der Waals surface area contributed by atoms with Crippen molar-refractivity contribution in [3.05, 3.63) is 46.4 Å². The van der Waals surface area contributed by atoms with E-state index in [-0.39, 0.29) is 11.4 Å². The Balaban J connectivity index is 2.47. The third kappa shape index (κ3) is 3.60. The molecule has 2 aromatic carbocycles. The average Bonchev–Trinajstić information content (AvgIpc) is 2.40. The second kappa shape index (κ2) is 5.85. The van der Waals surface area contributed by atoms with Gasteiger partial charge in [0, 0.05) is 10.2 Å². The third-order valence-corrected chi connectivity index (χ3v) is 3.27. The zero-order valence-electron chi connectivity index (χ0n) is 11.0. The molecule has 0 saturated carbocycles. The lowest BCUT2D eigenvalue weighted by molar-refractivity contribution is -0.136. The molecule has 0 spiro atoms. The van der Waals surface area contributed by atoms with E-state index in [1.165, 1.54) is 19.2 Å². The smallest absolute Gasteiger partial charge is 0.418 e. The SMILES string of the molecule is COc1ccc(Br)cc1Nc1ccc(N)cc1C(F)(F)F. The van der Waals surface area contributed by atoms with Crippen molar-refractivity contribution in [1.82, 2.24) is 0 Å². The van der Waals surface area contributed by atoms with Crippen molar-refractivity contribution >= 4 is 33.0 Å². The molecule has 112 valence electrons. The molecule has 21 heavy (non-hydrogen) atoms. The third-order valence-electron chi connectivity index (χ3n) is 2.78. The van der Waals surface area contributed by atoms with Gasteiger partial charge in [-0.1, -0.05) is 15.9 Å². The van der Waals surface area contributed by atoms with E-state index in [0.29, 0.717) is 11.4 Å². The van der Waals surface area contributed by atoms with Crippen LogP contribution in [-0.2, 0) is 6.18 Å². The van der Waals surface area contributed by atoms with E-state index in [1.54, 1.807) is 18.2 Å². The number of ether oxygens (including phenoxy) is 1. The Labute approximate surface area is 128 Å². The number of anilines is 3. The standard InChI is InChI=1S/C14H12BrF3N2O/c1-21-13-5-2-8(15)6-12(13)20-11-4-3-9(19)7-10(11)14(16,17)18/h2-7,20H,19H2,1H3. The van der Waals surface area contributed by atoms with E-state index < -0.39 is 11.7 Å². The number of hydrogen-bond acceptors (Lipinski definition) is 3. The van der Waals surface area contributed by atoms with Gasteiger partial charge in [0.25, 0.3) is 0 Å². The Hall–Kier alpha value is -1.89. The number of nitrogens with one attached hydrogen (secondary N) is 1. The number of benzene rings is 2. The molecule has 0 heterocycles. The van der Waals surface area contributed by atoms with E-state index in [0.717, 1.165) is 10.5 Å². The van der Waals surface area contributed by atoms with Crippen molar-refractivity contribution in [2.24, 2.45) is 0 Å². The molecular weight excluding hydrogens is 349 g/mol. The summed E-state index contributed by atoms with van der Waals surface area (Å²) >= 11 is 3.27. The molecule has 0 aliphatic carbocycles. The van der Waals surface area contributed by atoms with Gasteiger partial charge in [-0.3, -0.25) is 0 Å². The molecule has 2 aromatic rings. The number of hydrogen-bond donors (Lipinski definition) is 2. The Morgan fingerprint density at radius 1 is 1.10 bits per heavy atom. The van der Waals surface area contributed by atoms with Gasteiger partial charge in [0.15, 0.2) is 0 Å².